The lowest BCUT2D eigenvalue weighted by molar-refractivity contribution is 0.248. The molecule has 3 N–H and O–H groups in total. The standard InChI is InChI=1S/C18H17FN4O/c19-14-6-8-15(9-7-14)22-18(24)23-16(12-17-20-10-11-21-17)13-4-2-1-3-5-13/h1-11,16H,12H2,(H,20,21)(H2,22,23,24)/t16-/m1/s1. The number of nitrogens with one attached hydrogen (secondary N) is 3. The van der Waals surface area contributed by atoms with E-state index in [1.165, 1.54) is 24.3 Å². The van der Waals surface area contributed by atoms with E-state index >= 15 is 0 Å². The van der Waals surface area contributed by atoms with Gasteiger partial charge in [0.25, 0.3) is 0 Å². The van der Waals surface area contributed by atoms with Crippen LogP contribution in [0.25, 0.3) is 0 Å². The Morgan fingerprint density at radius 3 is 2.54 bits per heavy atom. The molecule has 24 heavy (non-hydrogen) atoms. The molecule has 2 amide bonds. The molecule has 3 rings (SSSR count). The number of benzene rings is 2. The zero-order valence-corrected chi connectivity index (χ0v) is 12.9. The third kappa shape index (κ3) is 4.19. The lowest BCUT2D eigenvalue weighted by Gasteiger charge is -2.19. The summed E-state index contributed by atoms with van der Waals surface area (Å²) in [5, 5.41) is 5.63. The molecule has 6 heteroatoms. The monoisotopic (exact) mass is 324 g/mol. The second kappa shape index (κ2) is 7.41. The van der Waals surface area contributed by atoms with E-state index in [1.807, 2.05) is 30.3 Å². The number of rotatable bonds is 5. The van der Waals surface area contributed by atoms with Gasteiger partial charge in [0.2, 0.25) is 0 Å². The van der Waals surface area contributed by atoms with Gasteiger partial charge in [-0.3, -0.25) is 0 Å². The molecule has 1 heterocycles. The number of amides is 2. The normalized spacial score (nSPS) is 11.7. The third-order valence-electron chi connectivity index (χ3n) is 3.56. The van der Waals surface area contributed by atoms with Crippen LogP contribution in [0.2, 0.25) is 0 Å². The Kier molecular flexibility index (Phi) is 4.86. The van der Waals surface area contributed by atoms with E-state index in [9.17, 15) is 9.18 Å². The molecular weight excluding hydrogens is 307 g/mol. The summed E-state index contributed by atoms with van der Waals surface area (Å²) in [7, 11) is 0. The summed E-state index contributed by atoms with van der Waals surface area (Å²) >= 11 is 0. The number of hydrogen-bond donors (Lipinski definition) is 3. The van der Waals surface area contributed by atoms with Crippen molar-refractivity contribution < 1.29 is 9.18 Å². The van der Waals surface area contributed by atoms with Crippen molar-refractivity contribution in [2.45, 2.75) is 12.5 Å². The van der Waals surface area contributed by atoms with Crippen molar-refractivity contribution in [1.82, 2.24) is 15.3 Å². The number of carbonyl (C=O) groups excluding carboxylic acids is 1. The molecule has 0 aliphatic rings. The SMILES string of the molecule is O=C(Nc1ccc(F)cc1)N[C@H](Cc1ncc[nH]1)c1ccccc1. The Bertz CT molecular complexity index is 773. The van der Waals surface area contributed by atoms with Gasteiger partial charge in [-0.25, -0.2) is 14.2 Å². The Morgan fingerprint density at radius 2 is 1.88 bits per heavy atom. The van der Waals surface area contributed by atoms with Crippen molar-refractivity contribution in [3.05, 3.63) is 84.2 Å². The zero-order chi connectivity index (χ0) is 16.8. The number of imidazole rings is 1. The fourth-order valence-corrected chi connectivity index (χ4v) is 2.40. The van der Waals surface area contributed by atoms with Gasteiger partial charge in [0, 0.05) is 24.5 Å². The van der Waals surface area contributed by atoms with E-state index < -0.39 is 0 Å². The molecule has 0 saturated carbocycles. The number of aromatic nitrogens is 2. The quantitative estimate of drug-likeness (QED) is 0.670. The van der Waals surface area contributed by atoms with Crippen LogP contribution in [0.15, 0.2) is 67.0 Å². The number of hydrogen-bond acceptors (Lipinski definition) is 2. The van der Waals surface area contributed by atoms with Gasteiger partial charge in [-0.2, -0.15) is 0 Å². The van der Waals surface area contributed by atoms with E-state index in [-0.39, 0.29) is 17.9 Å². The minimum atomic E-state index is -0.359. The van der Waals surface area contributed by atoms with Crippen LogP contribution in [0.5, 0.6) is 0 Å². The Hall–Kier alpha value is -3.15. The molecule has 0 spiro atoms. The lowest BCUT2D eigenvalue weighted by Crippen LogP contribution is -2.33. The van der Waals surface area contributed by atoms with E-state index in [1.54, 1.807) is 12.4 Å². The van der Waals surface area contributed by atoms with Crippen molar-refractivity contribution in [2.75, 3.05) is 5.32 Å². The number of H-pyrrole nitrogens is 1. The number of anilines is 1. The average Bonchev–Trinajstić information content (AvgIpc) is 3.10. The fraction of sp³-hybridized carbons (Fsp3) is 0.111. The summed E-state index contributed by atoms with van der Waals surface area (Å²) in [4.78, 5) is 19.5. The molecule has 1 aromatic heterocycles. The second-order valence-corrected chi connectivity index (χ2v) is 5.31. The van der Waals surface area contributed by atoms with Crippen molar-refractivity contribution in [3.63, 3.8) is 0 Å². The largest absolute Gasteiger partial charge is 0.349 e. The summed E-state index contributed by atoms with van der Waals surface area (Å²) < 4.78 is 12.9. The van der Waals surface area contributed by atoms with Crippen LogP contribution >= 0.6 is 0 Å². The van der Waals surface area contributed by atoms with Gasteiger partial charge >= 0.3 is 6.03 Å². The Morgan fingerprint density at radius 1 is 1.12 bits per heavy atom. The third-order valence-corrected chi connectivity index (χ3v) is 3.56. The highest BCUT2D eigenvalue weighted by Gasteiger charge is 2.16. The minimum Gasteiger partial charge on any atom is -0.349 e. The molecular formula is C18H17FN4O. The highest BCUT2D eigenvalue weighted by Crippen LogP contribution is 2.17. The maximum Gasteiger partial charge on any atom is 0.319 e. The number of urea groups is 1. The summed E-state index contributed by atoms with van der Waals surface area (Å²) in [6.07, 6.45) is 3.96. The first-order valence-electron chi connectivity index (χ1n) is 7.57. The summed E-state index contributed by atoms with van der Waals surface area (Å²) in [6.45, 7) is 0. The maximum atomic E-state index is 12.9. The van der Waals surface area contributed by atoms with Crippen molar-refractivity contribution in [3.8, 4) is 0 Å². The number of nitrogens with zero attached hydrogens (tertiary/aromatic N) is 1. The van der Waals surface area contributed by atoms with Crippen LogP contribution in [-0.2, 0) is 6.42 Å². The van der Waals surface area contributed by atoms with Crippen LogP contribution in [0.3, 0.4) is 0 Å². The van der Waals surface area contributed by atoms with Crippen molar-refractivity contribution in [2.24, 2.45) is 0 Å². The molecule has 0 saturated heterocycles. The smallest absolute Gasteiger partial charge is 0.319 e. The number of aromatic amines is 1. The average molecular weight is 324 g/mol. The summed E-state index contributed by atoms with van der Waals surface area (Å²) in [5.74, 6) is 0.437. The lowest BCUT2D eigenvalue weighted by atomic mass is 10.0. The molecule has 1 atom stereocenters. The van der Waals surface area contributed by atoms with E-state index in [2.05, 4.69) is 20.6 Å². The van der Waals surface area contributed by atoms with Crippen LogP contribution in [0.1, 0.15) is 17.4 Å². The maximum absolute atomic E-state index is 12.9. The van der Waals surface area contributed by atoms with Gasteiger partial charge in [0.15, 0.2) is 0 Å². The van der Waals surface area contributed by atoms with Gasteiger partial charge < -0.3 is 15.6 Å². The molecule has 0 fully saturated rings. The first kappa shape index (κ1) is 15.7. The zero-order valence-electron chi connectivity index (χ0n) is 12.9. The predicted octanol–water partition coefficient (Wildman–Crippen LogP) is 3.65. The summed E-state index contributed by atoms with van der Waals surface area (Å²) in [5.41, 5.74) is 1.50. The van der Waals surface area contributed by atoms with Gasteiger partial charge in [-0.05, 0) is 29.8 Å². The van der Waals surface area contributed by atoms with Crippen LogP contribution < -0.4 is 10.6 Å². The van der Waals surface area contributed by atoms with Crippen LogP contribution in [0.4, 0.5) is 14.9 Å². The molecule has 5 nitrogen and oxygen atoms in total. The Labute approximate surface area is 138 Å². The fourth-order valence-electron chi connectivity index (χ4n) is 2.40. The van der Waals surface area contributed by atoms with Crippen LogP contribution in [-0.4, -0.2) is 16.0 Å². The molecule has 122 valence electrons. The van der Waals surface area contributed by atoms with Gasteiger partial charge in [0.05, 0.1) is 6.04 Å². The molecule has 0 bridgehead atoms. The van der Waals surface area contributed by atoms with Gasteiger partial charge in [-0.15, -0.1) is 0 Å². The molecule has 0 unspecified atom stereocenters. The number of halogens is 1. The number of carbonyl (C=O) groups is 1. The topological polar surface area (TPSA) is 69.8 Å². The van der Waals surface area contributed by atoms with E-state index in [0.29, 0.717) is 12.1 Å². The van der Waals surface area contributed by atoms with Gasteiger partial charge in [-0.1, -0.05) is 30.3 Å². The Balaban J connectivity index is 1.71. The second-order valence-electron chi connectivity index (χ2n) is 5.31. The summed E-state index contributed by atoms with van der Waals surface area (Å²) in [6, 6.07) is 14.7. The highest BCUT2D eigenvalue weighted by atomic mass is 19.1. The first-order valence-corrected chi connectivity index (χ1v) is 7.57. The predicted molar refractivity (Wildman–Crippen MR) is 90.0 cm³/mol. The van der Waals surface area contributed by atoms with E-state index in [0.717, 1.165) is 11.4 Å². The van der Waals surface area contributed by atoms with E-state index in [4.69, 9.17) is 0 Å². The van der Waals surface area contributed by atoms with Gasteiger partial charge in [0.1, 0.15) is 11.6 Å². The highest BCUT2D eigenvalue weighted by molar-refractivity contribution is 5.89. The van der Waals surface area contributed by atoms with Crippen molar-refractivity contribution >= 4 is 11.7 Å². The molecule has 0 radical (unpaired) electrons. The molecule has 0 aliphatic heterocycles. The van der Waals surface area contributed by atoms with Crippen molar-refractivity contribution in [1.29, 1.82) is 0 Å². The minimum absolute atomic E-state index is 0.238. The first-order chi connectivity index (χ1) is 11.7. The van der Waals surface area contributed by atoms with Crippen LogP contribution in [0, 0.1) is 5.82 Å². The molecule has 2 aromatic carbocycles. The molecule has 3 aromatic rings. The molecule has 0 aliphatic carbocycles.